The van der Waals surface area contributed by atoms with Crippen molar-refractivity contribution in [3.63, 3.8) is 0 Å². The molecule has 24 heavy (non-hydrogen) atoms. The number of ketones is 2. The third kappa shape index (κ3) is 2.45. The van der Waals surface area contributed by atoms with Crippen molar-refractivity contribution < 1.29 is 19.4 Å². The van der Waals surface area contributed by atoms with Crippen LogP contribution in [0.2, 0.25) is 0 Å². The molecule has 0 amide bonds. The quantitative estimate of drug-likeness (QED) is 0.510. The Balaban J connectivity index is 2.25. The van der Waals surface area contributed by atoms with E-state index in [1.165, 1.54) is 5.56 Å². The van der Waals surface area contributed by atoms with Crippen molar-refractivity contribution in [2.45, 2.75) is 59.3 Å². The highest BCUT2D eigenvalue weighted by molar-refractivity contribution is 6.12. The van der Waals surface area contributed by atoms with E-state index >= 15 is 0 Å². The van der Waals surface area contributed by atoms with Gasteiger partial charge >= 0.3 is 0 Å². The summed E-state index contributed by atoms with van der Waals surface area (Å²) in [6.45, 7) is 8.58. The topological polar surface area (TPSA) is 63.6 Å². The summed E-state index contributed by atoms with van der Waals surface area (Å²) < 4.78 is 5.78. The highest BCUT2D eigenvalue weighted by Crippen LogP contribution is 2.45. The number of fused-ring (bicyclic) bond motifs is 1. The zero-order chi connectivity index (χ0) is 17.6. The van der Waals surface area contributed by atoms with Gasteiger partial charge in [-0.15, -0.1) is 0 Å². The fourth-order valence-corrected chi connectivity index (χ4v) is 4.16. The van der Waals surface area contributed by atoms with E-state index in [-0.39, 0.29) is 36.1 Å². The van der Waals surface area contributed by atoms with E-state index in [2.05, 4.69) is 0 Å². The van der Waals surface area contributed by atoms with Crippen LogP contribution in [0, 0.1) is 20.8 Å². The number of rotatable bonds is 2. The predicted octanol–water partition coefficient (Wildman–Crippen LogP) is 3.78. The van der Waals surface area contributed by atoms with Crippen LogP contribution in [0.4, 0.5) is 0 Å². The van der Waals surface area contributed by atoms with Crippen molar-refractivity contribution in [2.75, 3.05) is 6.61 Å². The lowest BCUT2D eigenvalue weighted by atomic mass is 9.73. The number of aliphatic hydroxyl groups is 1. The smallest absolute Gasteiger partial charge is 0.170 e. The molecule has 0 bridgehead atoms. The molecule has 128 valence electrons. The van der Waals surface area contributed by atoms with Crippen molar-refractivity contribution in [3.8, 4) is 5.75 Å². The molecule has 1 N–H and O–H groups in total. The first-order valence-electron chi connectivity index (χ1n) is 8.59. The lowest BCUT2D eigenvalue weighted by Crippen LogP contribution is -2.27. The molecular formula is C20H24O4. The minimum atomic E-state index is -0.344. The Labute approximate surface area is 142 Å². The molecule has 0 saturated heterocycles. The summed E-state index contributed by atoms with van der Waals surface area (Å²) in [5.74, 6) is 0.441. The fourth-order valence-electron chi connectivity index (χ4n) is 4.16. The highest BCUT2D eigenvalue weighted by Gasteiger charge is 2.37. The van der Waals surface area contributed by atoms with Gasteiger partial charge in [0.25, 0.3) is 0 Å². The molecule has 1 aliphatic carbocycles. The van der Waals surface area contributed by atoms with Gasteiger partial charge in [-0.05, 0) is 43.0 Å². The summed E-state index contributed by atoms with van der Waals surface area (Å²) in [5, 5.41) is 10.3. The molecular weight excluding hydrogens is 304 g/mol. The van der Waals surface area contributed by atoms with Gasteiger partial charge in [-0.3, -0.25) is 9.59 Å². The van der Waals surface area contributed by atoms with E-state index in [9.17, 15) is 14.7 Å². The lowest BCUT2D eigenvalue weighted by Gasteiger charge is -2.29. The van der Waals surface area contributed by atoms with Crippen LogP contribution in [0.15, 0.2) is 11.3 Å². The zero-order valence-electron chi connectivity index (χ0n) is 14.8. The largest absolute Gasteiger partial charge is 0.512 e. The molecule has 0 aromatic heterocycles. The molecule has 1 aromatic rings. The fraction of sp³-hybridized carbons (Fsp3) is 0.500. The number of hydrogen-bond donors (Lipinski definition) is 1. The van der Waals surface area contributed by atoms with Crippen molar-refractivity contribution in [3.05, 3.63) is 39.1 Å². The number of benzene rings is 1. The molecule has 2 aliphatic rings. The molecule has 3 rings (SSSR count). The van der Waals surface area contributed by atoms with Crippen LogP contribution in [-0.2, 0) is 16.0 Å². The number of hydrogen-bond acceptors (Lipinski definition) is 4. The van der Waals surface area contributed by atoms with E-state index in [0.29, 0.717) is 18.6 Å². The Morgan fingerprint density at radius 3 is 2.54 bits per heavy atom. The van der Waals surface area contributed by atoms with E-state index in [0.717, 1.165) is 34.4 Å². The summed E-state index contributed by atoms with van der Waals surface area (Å²) in [5.41, 5.74) is 5.86. The average Bonchev–Trinajstić information content (AvgIpc) is 3.02. The number of ether oxygens (including phenoxy) is 1. The molecule has 1 unspecified atom stereocenters. The van der Waals surface area contributed by atoms with Gasteiger partial charge in [0.15, 0.2) is 5.78 Å². The number of aliphatic hydroxyl groups excluding tert-OH is 1. The van der Waals surface area contributed by atoms with Crippen LogP contribution >= 0.6 is 0 Å². The minimum Gasteiger partial charge on any atom is -0.512 e. The second kappa shape index (κ2) is 6.08. The maximum Gasteiger partial charge on any atom is 0.170 e. The number of allylic oxidation sites excluding steroid dienone is 2. The van der Waals surface area contributed by atoms with E-state index in [1.807, 2.05) is 27.7 Å². The van der Waals surface area contributed by atoms with E-state index in [1.54, 1.807) is 0 Å². The Morgan fingerprint density at radius 1 is 1.17 bits per heavy atom. The summed E-state index contributed by atoms with van der Waals surface area (Å²) in [6, 6.07) is 0. The second-order valence-corrected chi connectivity index (χ2v) is 6.80. The number of carbonyl (C=O) groups excluding carboxylic acids is 2. The zero-order valence-corrected chi connectivity index (χ0v) is 14.8. The first-order valence-corrected chi connectivity index (χ1v) is 8.59. The van der Waals surface area contributed by atoms with Crippen LogP contribution in [0.3, 0.4) is 0 Å². The minimum absolute atomic E-state index is 0.0501. The molecule has 1 aliphatic heterocycles. The molecule has 1 heterocycles. The molecule has 4 heteroatoms. The molecule has 1 saturated carbocycles. The standard InChI is InChI=1S/C20H24O4/c1-5-16(22)19-15(8-13(21)9-17(19)23)18-10(2)11(3)20-14(12(18)4)6-7-24-20/h15,22H,5-9H2,1-4H3. The molecule has 1 atom stereocenters. The molecule has 1 aromatic carbocycles. The molecule has 0 spiro atoms. The Kier molecular flexibility index (Phi) is 4.24. The summed E-state index contributed by atoms with van der Waals surface area (Å²) >= 11 is 0. The summed E-state index contributed by atoms with van der Waals surface area (Å²) in [4.78, 5) is 24.6. The van der Waals surface area contributed by atoms with E-state index < -0.39 is 0 Å². The maximum absolute atomic E-state index is 12.5. The van der Waals surface area contributed by atoms with Gasteiger partial charge in [-0.25, -0.2) is 0 Å². The normalized spacial score (nSPS) is 22.4. The SMILES string of the molecule is CCC(O)=C1C(=O)CC(=O)CC1c1c(C)c(C)c2c(c1C)CCO2. The van der Waals surface area contributed by atoms with Crippen molar-refractivity contribution in [1.82, 2.24) is 0 Å². The van der Waals surface area contributed by atoms with Crippen molar-refractivity contribution in [2.24, 2.45) is 0 Å². The van der Waals surface area contributed by atoms with Gasteiger partial charge < -0.3 is 9.84 Å². The van der Waals surface area contributed by atoms with Gasteiger partial charge in [-0.2, -0.15) is 0 Å². The summed E-state index contributed by atoms with van der Waals surface area (Å²) in [6.07, 6.45) is 1.44. The van der Waals surface area contributed by atoms with Gasteiger partial charge in [0, 0.05) is 36.3 Å². The first kappa shape index (κ1) is 16.7. The predicted molar refractivity (Wildman–Crippen MR) is 91.8 cm³/mol. The second-order valence-electron chi connectivity index (χ2n) is 6.80. The Bertz CT molecular complexity index is 771. The van der Waals surface area contributed by atoms with Crippen molar-refractivity contribution in [1.29, 1.82) is 0 Å². The molecule has 1 fully saturated rings. The summed E-state index contributed by atoms with van der Waals surface area (Å²) in [7, 11) is 0. The maximum atomic E-state index is 12.5. The van der Waals surface area contributed by atoms with Gasteiger partial charge in [0.2, 0.25) is 0 Å². The Morgan fingerprint density at radius 2 is 1.88 bits per heavy atom. The number of Topliss-reactive ketones (excluding diaryl/α,β-unsaturated/α-hetero) is 2. The third-order valence-electron chi connectivity index (χ3n) is 5.47. The van der Waals surface area contributed by atoms with E-state index in [4.69, 9.17) is 4.74 Å². The first-order chi connectivity index (χ1) is 11.4. The molecule has 4 nitrogen and oxygen atoms in total. The van der Waals surface area contributed by atoms with Gasteiger partial charge in [0.1, 0.15) is 11.5 Å². The average molecular weight is 328 g/mol. The monoisotopic (exact) mass is 328 g/mol. The van der Waals surface area contributed by atoms with Crippen LogP contribution in [-0.4, -0.2) is 23.3 Å². The van der Waals surface area contributed by atoms with Gasteiger partial charge in [0.05, 0.1) is 18.8 Å². The van der Waals surface area contributed by atoms with Crippen LogP contribution in [0.1, 0.15) is 59.9 Å². The van der Waals surface area contributed by atoms with Crippen LogP contribution in [0.5, 0.6) is 5.75 Å². The van der Waals surface area contributed by atoms with Crippen LogP contribution < -0.4 is 4.74 Å². The lowest BCUT2D eigenvalue weighted by molar-refractivity contribution is -0.127. The van der Waals surface area contributed by atoms with Crippen LogP contribution in [0.25, 0.3) is 0 Å². The highest BCUT2D eigenvalue weighted by atomic mass is 16.5. The van der Waals surface area contributed by atoms with Crippen molar-refractivity contribution >= 4 is 11.6 Å². The molecule has 0 radical (unpaired) electrons. The van der Waals surface area contributed by atoms with Gasteiger partial charge in [-0.1, -0.05) is 6.92 Å². The third-order valence-corrected chi connectivity index (χ3v) is 5.47. The Hall–Kier alpha value is -2.10. The number of carbonyl (C=O) groups is 2.